The van der Waals surface area contributed by atoms with Crippen LogP contribution in [0.15, 0.2) is 24.5 Å². The summed E-state index contributed by atoms with van der Waals surface area (Å²) in [7, 11) is 4.76. The maximum absolute atomic E-state index is 12.2. The Kier molecular flexibility index (Phi) is 3.27. The van der Waals surface area contributed by atoms with Gasteiger partial charge in [0, 0.05) is 24.9 Å². The van der Waals surface area contributed by atoms with Gasteiger partial charge in [-0.2, -0.15) is 5.10 Å². The van der Waals surface area contributed by atoms with Crippen molar-refractivity contribution in [2.45, 2.75) is 0 Å². The molecule has 0 fully saturated rings. The van der Waals surface area contributed by atoms with Gasteiger partial charge in [-0.25, -0.2) is 4.68 Å². The lowest BCUT2D eigenvalue weighted by Gasteiger charge is -2.00. The lowest BCUT2D eigenvalue weighted by atomic mass is 10.1. The molecule has 0 saturated carbocycles. The van der Waals surface area contributed by atoms with Crippen molar-refractivity contribution in [1.82, 2.24) is 14.8 Å². The highest BCUT2D eigenvalue weighted by molar-refractivity contribution is 6.07. The first-order valence-corrected chi connectivity index (χ1v) is 5.27. The van der Waals surface area contributed by atoms with Crippen molar-refractivity contribution >= 4 is 5.78 Å². The van der Waals surface area contributed by atoms with Crippen LogP contribution < -0.4 is 9.47 Å². The molecule has 6 nitrogen and oxygen atoms in total. The Morgan fingerprint density at radius 2 is 2.00 bits per heavy atom. The van der Waals surface area contributed by atoms with Gasteiger partial charge >= 0.3 is 0 Å². The maximum Gasteiger partial charge on any atom is 0.215 e. The normalized spacial score (nSPS) is 10.2. The van der Waals surface area contributed by atoms with Crippen molar-refractivity contribution in [3.63, 3.8) is 0 Å². The van der Waals surface area contributed by atoms with Gasteiger partial charge in [0.2, 0.25) is 11.7 Å². The predicted molar refractivity (Wildman–Crippen MR) is 64.0 cm³/mol. The SMILES string of the molecule is COc1cncc(C(=O)c2cc(OC)n(C)n2)c1. The fourth-order valence-electron chi connectivity index (χ4n) is 1.55. The average Bonchev–Trinajstić information content (AvgIpc) is 2.79. The highest BCUT2D eigenvalue weighted by Gasteiger charge is 2.16. The maximum atomic E-state index is 12.2. The summed E-state index contributed by atoms with van der Waals surface area (Å²) in [5.74, 6) is 0.832. The number of methoxy groups -OCH3 is 2. The monoisotopic (exact) mass is 247 g/mol. The fraction of sp³-hybridized carbons (Fsp3) is 0.250. The van der Waals surface area contributed by atoms with E-state index in [1.807, 2.05) is 0 Å². The number of ether oxygens (including phenoxy) is 2. The van der Waals surface area contributed by atoms with E-state index in [0.29, 0.717) is 22.9 Å². The van der Waals surface area contributed by atoms with Crippen LogP contribution in [0.3, 0.4) is 0 Å². The van der Waals surface area contributed by atoms with E-state index in [4.69, 9.17) is 9.47 Å². The number of nitrogens with zero attached hydrogens (tertiary/aromatic N) is 3. The van der Waals surface area contributed by atoms with Crippen LogP contribution in [-0.2, 0) is 7.05 Å². The molecule has 0 aliphatic rings. The van der Waals surface area contributed by atoms with Crippen LogP contribution in [0, 0.1) is 0 Å². The molecule has 2 heterocycles. The molecule has 2 rings (SSSR count). The Balaban J connectivity index is 2.34. The van der Waals surface area contributed by atoms with E-state index in [1.165, 1.54) is 31.3 Å². The molecule has 0 aliphatic carbocycles. The number of aryl methyl sites for hydroxylation is 1. The summed E-state index contributed by atoms with van der Waals surface area (Å²) in [6, 6.07) is 3.21. The van der Waals surface area contributed by atoms with Crippen molar-refractivity contribution in [3.05, 3.63) is 35.8 Å². The predicted octanol–water partition coefficient (Wildman–Crippen LogP) is 1.06. The molecule has 0 spiro atoms. The first-order chi connectivity index (χ1) is 8.65. The second-order valence-electron chi connectivity index (χ2n) is 3.64. The van der Waals surface area contributed by atoms with Gasteiger partial charge in [0.05, 0.1) is 20.4 Å². The van der Waals surface area contributed by atoms with Gasteiger partial charge in [-0.1, -0.05) is 0 Å². The molecule has 6 heteroatoms. The lowest BCUT2D eigenvalue weighted by Crippen LogP contribution is -2.04. The summed E-state index contributed by atoms with van der Waals surface area (Å²) in [6.07, 6.45) is 3.02. The number of pyridine rings is 1. The lowest BCUT2D eigenvalue weighted by molar-refractivity contribution is 0.103. The number of hydrogen-bond acceptors (Lipinski definition) is 5. The standard InChI is InChI=1S/C12H13N3O3/c1-15-11(18-3)5-10(14-15)12(16)8-4-9(17-2)7-13-6-8/h4-7H,1-3H3. The van der Waals surface area contributed by atoms with Gasteiger partial charge in [-0.05, 0) is 6.07 Å². The molecular weight excluding hydrogens is 234 g/mol. The van der Waals surface area contributed by atoms with Crippen LogP contribution in [-0.4, -0.2) is 34.8 Å². The van der Waals surface area contributed by atoms with E-state index in [-0.39, 0.29) is 5.78 Å². The van der Waals surface area contributed by atoms with E-state index in [2.05, 4.69) is 10.1 Å². The highest BCUT2D eigenvalue weighted by Crippen LogP contribution is 2.17. The third-order valence-corrected chi connectivity index (χ3v) is 2.49. The van der Waals surface area contributed by atoms with E-state index >= 15 is 0 Å². The smallest absolute Gasteiger partial charge is 0.215 e. The molecule has 0 aromatic carbocycles. The zero-order valence-electron chi connectivity index (χ0n) is 10.4. The molecule has 0 saturated heterocycles. The summed E-state index contributed by atoms with van der Waals surface area (Å²) in [5, 5.41) is 4.09. The third kappa shape index (κ3) is 2.17. The van der Waals surface area contributed by atoms with Crippen LogP contribution >= 0.6 is 0 Å². The number of hydrogen-bond donors (Lipinski definition) is 0. The highest BCUT2D eigenvalue weighted by atomic mass is 16.5. The van der Waals surface area contributed by atoms with Gasteiger partial charge in [-0.3, -0.25) is 9.78 Å². The minimum atomic E-state index is -0.222. The minimum absolute atomic E-state index is 0.222. The van der Waals surface area contributed by atoms with E-state index < -0.39 is 0 Å². The van der Waals surface area contributed by atoms with E-state index in [9.17, 15) is 4.79 Å². The molecule has 94 valence electrons. The zero-order chi connectivity index (χ0) is 13.1. The molecule has 2 aromatic rings. The molecule has 0 N–H and O–H groups in total. The summed E-state index contributed by atoms with van der Waals surface area (Å²) in [5.41, 5.74) is 0.736. The third-order valence-electron chi connectivity index (χ3n) is 2.49. The number of carbonyl (C=O) groups excluding carboxylic acids is 1. The van der Waals surface area contributed by atoms with Crippen LogP contribution in [0.2, 0.25) is 0 Å². The van der Waals surface area contributed by atoms with Gasteiger partial charge in [0.25, 0.3) is 0 Å². The van der Waals surface area contributed by atoms with Crippen molar-refractivity contribution in [3.8, 4) is 11.6 Å². The summed E-state index contributed by atoms with van der Waals surface area (Å²) < 4.78 is 11.6. The topological polar surface area (TPSA) is 66.2 Å². The summed E-state index contributed by atoms with van der Waals surface area (Å²) in [4.78, 5) is 16.1. The quantitative estimate of drug-likeness (QED) is 0.756. The molecule has 0 amide bonds. The van der Waals surface area contributed by atoms with Gasteiger partial charge in [0.15, 0.2) is 0 Å². The van der Waals surface area contributed by atoms with Crippen molar-refractivity contribution in [2.24, 2.45) is 7.05 Å². The molecule has 0 bridgehead atoms. The molecule has 0 unspecified atom stereocenters. The molecule has 2 aromatic heterocycles. The van der Waals surface area contributed by atoms with Crippen LogP contribution in [0.1, 0.15) is 16.1 Å². The van der Waals surface area contributed by atoms with E-state index in [1.54, 1.807) is 19.2 Å². The average molecular weight is 247 g/mol. The Labute approximate surface area is 104 Å². The Hall–Kier alpha value is -2.37. The molecular formula is C12H13N3O3. The van der Waals surface area contributed by atoms with Crippen molar-refractivity contribution in [1.29, 1.82) is 0 Å². The largest absolute Gasteiger partial charge is 0.495 e. The summed E-state index contributed by atoms with van der Waals surface area (Å²) >= 11 is 0. The Morgan fingerprint density at radius 1 is 1.22 bits per heavy atom. The summed E-state index contributed by atoms with van der Waals surface area (Å²) in [6.45, 7) is 0. The molecule has 0 radical (unpaired) electrons. The number of carbonyl (C=O) groups is 1. The van der Waals surface area contributed by atoms with Crippen LogP contribution in [0.5, 0.6) is 11.6 Å². The van der Waals surface area contributed by atoms with Crippen LogP contribution in [0.25, 0.3) is 0 Å². The van der Waals surface area contributed by atoms with Gasteiger partial charge in [0.1, 0.15) is 11.4 Å². The van der Waals surface area contributed by atoms with Crippen molar-refractivity contribution in [2.75, 3.05) is 14.2 Å². The van der Waals surface area contributed by atoms with E-state index in [0.717, 1.165) is 0 Å². The first kappa shape index (κ1) is 12.1. The minimum Gasteiger partial charge on any atom is -0.495 e. The molecule has 0 atom stereocenters. The van der Waals surface area contributed by atoms with Crippen molar-refractivity contribution < 1.29 is 14.3 Å². The number of rotatable bonds is 4. The Morgan fingerprint density at radius 3 is 2.61 bits per heavy atom. The van der Waals surface area contributed by atoms with Gasteiger partial charge in [-0.15, -0.1) is 0 Å². The fourth-order valence-corrected chi connectivity index (χ4v) is 1.55. The second-order valence-corrected chi connectivity index (χ2v) is 3.64. The molecule has 18 heavy (non-hydrogen) atoms. The molecule has 0 aliphatic heterocycles. The van der Waals surface area contributed by atoms with Crippen LogP contribution in [0.4, 0.5) is 0 Å². The number of ketones is 1. The second kappa shape index (κ2) is 4.87. The first-order valence-electron chi connectivity index (χ1n) is 5.27. The Bertz CT molecular complexity index is 578. The van der Waals surface area contributed by atoms with Gasteiger partial charge < -0.3 is 9.47 Å². The number of aromatic nitrogens is 3. The zero-order valence-corrected chi connectivity index (χ0v) is 10.4.